The molecule has 4 heterocycles. The summed E-state index contributed by atoms with van der Waals surface area (Å²) in [6, 6.07) is 16.7. The molecule has 2 aliphatic rings. The molecule has 4 aromatic rings. The first kappa shape index (κ1) is 29.0. The highest BCUT2D eigenvalue weighted by Gasteiger charge is 2.24. The topological polar surface area (TPSA) is 120 Å². The molecule has 224 valence electrons. The highest BCUT2D eigenvalue weighted by molar-refractivity contribution is 7.91. The molecule has 1 atom stereocenters. The summed E-state index contributed by atoms with van der Waals surface area (Å²) in [6.07, 6.45) is 3.75. The van der Waals surface area contributed by atoms with Crippen LogP contribution < -0.4 is 15.0 Å². The molecule has 0 aliphatic carbocycles. The van der Waals surface area contributed by atoms with Crippen molar-refractivity contribution in [1.82, 2.24) is 15.3 Å². The van der Waals surface area contributed by atoms with Gasteiger partial charge in [-0.2, -0.15) is 0 Å². The van der Waals surface area contributed by atoms with Crippen LogP contribution in [0.4, 0.5) is 11.5 Å². The van der Waals surface area contributed by atoms with Crippen LogP contribution in [0.3, 0.4) is 0 Å². The number of sulfone groups is 1. The Morgan fingerprint density at radius 1 is 1.12 bits per heavy atom. The number of pyridine rings is 2. The fraction of sp³-hybridized carbons (Fsp3) is 0.344. The van der Waals surface area contributed by atoms with Gasteiger partial charge in [0.25, 0.3) is 5.91 Å². The summed E-state index contributed by atoms with van der Waals surface area (Å²) in [6.45, 7) is 3.78. The molecule has 1 N–H and O–H groups in total. The number of carbonyl (C=O) groups is 1. The summed E-state index contributed by atoms with van der Waals surface area (Å²) < 4.78 is 41.9. The van der Waals surface area contributed by atoms with E-state index in [1.165, 1.54) is 11.6 Å². The van der Waals surface area contributed by atoms with Crippen molar-refractivity contribution in [3.05, 3.63) is 83.2 Å². The molecule has 0 bridgehead atoms. The van der Waals surface area contributed by atoms with Crippen molar-refractivity contribution in [2.24, 2.45) is 0 Å². The molecular formula is C32H34N4O6S. The summed E-state index contributed by atoms with van der Waals surface area (Å²) >= 11 is 0. The average Bonchev–Trinajstić information content (AvgIpc) is 3.18. The van der Waals surface area contributed by atoms with Gasteiger partial charge >= 0.3 is 0 Å². The molecule has 0 saturated heterocycles. The first-order chi connectivity index (χ1) is 20.8. The third-order valence-electron chi connectivity index (χ3n) is 7.80. The quantitative estimate of drug-likeness (QED) is 0.314. The second-order valence-corrected chi connectivity index (χ2v) is 12.9. The van der Waals surface area contributed by atoms with Gasteiger partial charge in [0.1, 0.15) is 18.2 Å². The standard InChI is InChI=1S/C32H34N4O6S/c1-21(40-2)19-42-27-9-7-22-4-3-11-36(29(22)16-27)31-10-8-24-17-33-26(15-28(24)35-31)18-34-32(37)23-5-6-25-20-41-12-13-43(38,39)30(25)14-23/h5-10,14-17,21H,3-4,11-13,18-20H2,1-2H3,(H,34,37)/t21-/m1/s1. The molecule has 43 heavy (non-hydrogen) atoms. The number of hydrogen-bond acceptors (Lipinski definition) is 9. The first-order valence-corrected chi connectivity index (χ1v) is 16.0. The number of nitrogens with zero attached hydrogens (tertiary/aromatic N) is 3. The third-order valence-corrected chi connectivity index (χ3v) is 9.56. The number of anilines is 2. The van der Waals surface area contributed by atoms with Crippen molar-refractivity contribution in [2.45, 2.75) is 43.9 Å². The molecule has 2 aliphatic heterocycles. The van der Waals surface area contributed by atoms with E-state index in [4.69, 9.17) is 19.2 Å². The van der Waals surface area contributed by atoms with E-state index in [9.17, 15) is 13.2 Å². The minimum absolute atomic E-state index is 0.00397. The van der Waals surface area contributed by atoms with Gasteiger partial charge in [0, 0.05) is 42.6 Å². The number of rotatable bonds is 8. The summed E-state index contributed by atoms with van der Waals surface area (Å²) in [5.74, 6) is 1.13. The molecule has 0 saturated carbocycles. The van der Waals surface area contributed by atoms with Crippen LogP contribution in [0.15, 0.2) is 65.7 Å². The molecule has 0 spiro atoms. The van der Waals surface area contributed by atoms with E-state index >= 15 is 0 Å². The lowest BCUT2D eigenvalue weighted by Crippen LogP contribution is -2.25. The maximum Gasteiger partial charge on any atom is 0.251 e. The molecule has 0 fully saturated rings. The van der Waals surface area contributed by atoms with Crippen LogP contribution >= 0.6 is 0 Å². The largest absolute Gasteiger partial charge is 0.491 e. The second kappa shape index (κ2) is 12.3. The van der Waals surface area contributed by atoms with Crippen LogP contribution in [-0.2, 0) is 38.9 Å². The van der Waals surface area contributed by atoms with Crippen molar-refractivity contribution < 1.29 is 27.4 Å². The van der Waals surface area contributed by atoms with E-state index in [0.717, 1.165) is 47.5 Å². The summed E-state index contributed by atoms with van der Waals surface area (Å²) in [5.41, 5.74) is 4.57. The van der Waals surface area contributed by atoms with E-state index in [1.807, 2.05) is 31.2 Å². The Hall–Kier alpha value is -4.06. The fourth-order valence-corrected chi connectivity index (χ4v) is 6.69. The van der Waals surface area contributed by atoms with Crippen LogP contribution in [0.5, 0.6) is 5.75 Å². The van der Waals surface area contributed by atoms with E-state index in [1.54, 1.807) is 25.4 Å². The van der Waals surface area contributed by atoms with Gasteiger partial charge in [-0.15, -0.1) is 0 Å². The number of fused-ring (bicyclic) bond motifs is 3. The zero-order chi connectivity index (χ0) is 30.0. The lowest BCUT2D eigenvalue weighted by atomic mass is 10.0. The lowest BCUT2D eigenvalue weighted by Gasteiger charge is -2.31. The number of ether oxygens (including phenoxy) is 3. The minimum Gasteiger partial charge on any atom is -0.491 e. The Balaban J connectivity index is 1.20. The van der Waals surface area contributed by atoms with Gasteiger partial charge in [-0.05, 0) is 67.3 Å². The Labute approximate surface area is 250 Å². The molecular weight excluding hydrogens is 568 g/mol. The second-order valence-electron chi connectivity index (χ2n) is 10.8. The Bertz CT molecular complexity index is 1780. The molecule has 1 amide bonds. The Kier molecular flexibility index (Phi) is 8.29. The van der Waals surface area contributed by atoms with Crippen molar-refractivity contribution in [3.8, 4) is 5.75 Å². The van der Waals surface area contributed by atoms with Gasteiger partial charge < -0.3 is 24.4 Å². The minimum atomic E-state index is -3.51. The summed E-state index contributed by atoms with van der Waals surface area (Å²) in [7, 11) is -1.84. The van der Waals surface area contributed by atoms with Crippen molar-refractivity contribution in [1.29, 1.82) is 0 Å². The fourth-order valence-electron chi connectivity index (χ4n) is 5.30. The number of carbonyl (C=O) groups excluding carboxylic acids is 1. The summed E-state index contributed by atoms with van der Waals surface area (Å²) in [4.78, 5) is 24.8. The van der Waals surface area contributed by atoms with E-state index in [0.29, 0.717) is 17.9 Å². The monoisotopic (exact) mass is 602 g/mol. The average molecular weight is 603 g/mol. The molecule has 0 radical (unpaired) electrons. The Morgan fingerprint density at radius 3 is 2.84 bits per heavy atom. The number of amides is 1. The highest BCUT2D eigenvalue weighted by Crippen LogP contribution is 2.36. The number of nitrogens with one attached hydrogen (secondary N) is 1. The molecule has 2 aromatic heterocycles. The van der Waals surface area contributed by atoms with Gasteiger partial charge in [-0.25, -0.2) is 13.4 Å². The summed E-state index contributed by atoms with van der Waals surface area (Å²) in [5, 5.41) is 3.75. The zero-order valence-corrected chi connectivity index (χ0v) is 25.0. The molecule has 10 nitrogen and oxygen atoms in total. The van der Waals surface area contributed by atoms with E-state index in [2.05, 4.69) is 27.3 Å². The number of hydrogen-bond donors (Lipinski definition) is 1. The van der Waals surface area contributed by atoms with Gasteiger partial charge in [0.05, 0.1) is 47.7 Å². The highest BCUT2D eigenvalue weighted by atomic mass is 32.2. The number of methoxy groups -OCH3 is 1. The molecule has 2 aromatic carbocycles. The van der Waals surface area contributed by atoms with Crippen LogP contribution in [0.1, 0.15) is 40.5 Å². The number of aryl methyl sites for hydroxylation is 1. The van der Waals surface area contributed by atoms with Crippen LogP contribution in [0.25, 0.3) is 10.9 Å². The van der Waals surface area contributed by atoms with Gasteiger partial charge in [0.15, 0.2) is 9.84 Å². The molecule has 0 unspecified atom stereocenters. The third kappa shape index (κ3) is 6.34. The number of aromatic nitrogens is 2. The van der Waals surface area contributed by atoms with Crippen LogP contribution in [0.2, 0.25) is 0 Å². The van der Waals surface area contributed by atoms with E-state index in [-0.39, 0.29) is 48.0 Å². The van der Waals surface area contributed by atoms with Crippen molar-refractivity contribution in [3.63, 3.8) is 0 Å². The lowest BCUT2D eigenvalue weighted by molar-refractivity contribution is 0.0717. The molecule has 6 rings (SSSR count). The van der Waals surface area contributed by atoms with Gasteiger partial charge in [-0.1, -0.05) is 12.1 Å². The first-order valence-electron chi connectivity index (χ1n) is 14.3. The predicted molar refractivity (Wildman–Crippen MR) is 163 cm³/mol. The maximum absolute atomic E-state index is 13.0. The van der Waals surface area contributed by atoms with Crippen LogP contribution in [0, 0.1) is 0 Å². The van der Waals surface area contributed by atoms with Crippen molar-refractivity contribution in [2.75, 3.05) is 37.5 Å². The molecule has 11 heteroatoms. The maximum atomic E-state index is 13.0. The Morgan fingerprint density at radius 2 is 1.98 bits per heavy atom. The zero-order valence-electron chi connectivity index (χ0n) is 24.2. The van der Waals surface area contributed by atoms with Gasteiger partial charge in [0.2, 0.25) is 0 Å². The smallest absolute Gasteiger partial charge is 0.251 e. The van der Waals surface area contributed by atoms with Crippen LogP contribution in [-0.4, -0.2) is 63.0 Å². The van der Waals surface area contributed by atoms with E-state index < -0.39 is 9.84 Å². The van der Waals surface area contributed by atoms with Crippen molar-refractivity contribution >= 4 is 38.2 Å². The van der Waals surface area contributed by atoms with Gasteiger partial charge in [-0.3, -0.25) is 9.78 Å². The predicted octanol–water partition coefficient (Wildman–Crippen LogP) is 4.36. The normalized spacial score (nSPS) is 16.6. The number of benzene rings is 2. The SMILES string of the molecule is CO[C@H](C)COc1ccc2c(c1)N(c1ccc3cnc(CNC(=O)c4ccc5c(c4)S(=O)(=O)CCOC5)cc3n1)CCC2.